The maximum absolute atomic E-state index is 11.2. The summed E-state index contributed by atoms with van der Waals surface area (Å²) in [6, 6.07) is 6.51. The highest BCUT2D eigenvalue weighted by Gasteiger charge is 2.43. The van der Waals surface area contributed by atoms with Crippen LogP contribution in [0.25, 0.3) is 0 Å². The third-order valence-corrected chi connectivity index (χ3v) is 3.49. The Morgan fingerprint density at radius 3 is 2.29 bits per heavy atom. The average molecular weight is 297 g/mol. The van der Waals surface area contributed by atoms with E-state index in [1.165, 1.54) is 6.92 Å². The second-order valence-corrected chi connectivity index (χ2v) is 5.03. The number of ether oxygens (including phenoxy) is 1. The van der Waals surface area contributed by atoms with E-state index in [0.717, 1.165) is 0 Å². The lowest BCUT2D eigenvalue weighted by atomic mass is 9.98. The Labute approximate surface area is 121 Å². The molecule has 5 atom stereocenters. The molecule has 0 aliphatic carbocycles. The van der Waals surface area contributed by atoms with Crippen LogP contribution in [-0.4, -0.2) is 63.5 Å². The molecule has 1 aromatic rings. The summed E-state index contributed by atoms with van der Waals surface area (Å²) in [7, 11) is 0. The number of hydrogen-bond acceptors (Lipinski definition) is 7. The first-order chi connectivity index (χ1) is 9.93. The summed E-state index contributed by atoms with van der Waals surface area (Å²) in [6.07, 6.45) is -6.11. The van der Waals surface area contributed by atoms with Gasteiger partial charge in [-0.15, -0.1) is 0 Å². The van der Waals surface area contributed by atoms with Gasteiger partial charge in [-0.05, 0) is 31.2 Å². The third-order valence-electron chi connectivity index (χ3n) is 3.49. The Hall–Kier alpha value is -1.51. The minimum atomic E-state index is -1.43. The molecule has 1 aliphatic heterocycles. The van der Waals surface area contributed by atoms with Crippen molar-refractivity contribution in [1.29, 1.82) is 0 Å². The number of carbonyl (C=O) groups excluding carboxylic acids is 1. The van der Waals surface area contributed by atoms with Crippen molar-refractivity contribution in [3.05, 3.63) is 29.8 Å². The van der Waals surface area contributed by atoms with E-state index < -0.39 is 37.3 Å². The van der Waals surface area contributed by atoms with Crippen molar-refractivity contribution in [2.75, 3.05) is 11.9 Å². The molecule has 7 heteroatoms. The van der Waals surface area contributed by atoms with Crippen molar-refractivity contribution in [3.8, 4) is 0 Å². The lowest BCUT2D eigenvalue weighted by Gasteiger charge is -2.40. The Morgan fingerprint density at radius 2 is 1.76 bits per heavy atom. The Kier molecular flexibility index (Phi) is 4.92. The molecule has 1 heterocycles. The molecule has 0 saturated carbocycles. The largest absolute Gasteiger partial charge is 0.394 e. The van der Waals surface area contributed by atoms with E-state index in [1.807, 2.05) is 0 Å². The molecule has 0 radical (unpaired) electrons. The molecule has 0 aromatic heterocycles. The van der Waals surface area contributed by atoms with Crippen molar-refractivity contribution < 1.29 is 30.0 Å². The fourth-order valence-electron chi connectivity index (χ4n) is 2.19. The summed E-state index contributed by atoms with van der Waals surface area (Å²) < 4.78 is 5.32. The van der Waals surface area contributed by atoms with Gasteiger partial charge >= 0.3 is 0 Å². The number of anilines is 1. The standard InChI is InChI=1S/C14H19NO6/c1-7(17)8-2-4-9(5-3-8)15-14-13(20)12(19)11(18)10(6-16)21-14/h2-5,10-16,18-20H,6H2,1H3/t10-,11+,12+,13-,14-/m1/s1. The molecule has 0 amide bonds. The summed E-state index contributed by atoms with van der Waals surface area (Å²) in [5, 5.41) is 41.2. The van der Waals surface area contributed by atoms with Gasteiger partial charge in [0, 0.05) is 11.3 Å². The highest BCUT2D eigenvalue weighted by molar-refractivity contribution is 5.94. The van der Waals surface area contributed by atoms with Crippen LogP contribution in [0.1, 0.15) is 17.3 Å². The lowest BCUT2D eigenvalue weighted by Crippen LogP contribution is -2.60. The van der Waals surface area contributed by atoms with Gasteiger partial charge in [-0.3, -0.25) is 4.79 Å². The molecule has 0 bridgehead atoms. The van der Waals surface area contributed by atoms with Gasteiger partial charge in [0.1, 0.15) is 24.4 Å². The number of ketones is 1. The highest BCUT2D eigenvalue weighted by Crippen LogP contribution is 2.23. The number of carbonyl (C=O) groups is 1. The molecule has 1 saturated heterocycles. The minimum Gasteiger partial charge on any atom is -0.394 e. The molecule has 0 unspecified atom stereocenters. The minimum absolute atomic E-state index is 0.0607. The summed E-state index contributed by atoms with van der Waals surface area (Å²) >= 11 is 0. The second-order valence-electron chi connectivity index (χ2n) is 5.03. The van der Waals surface area contributed by atoms with Crippen LogP contribution in [0.3, 0.4) is 0 Å². The lowest BCUT2D eigenvalue weighted by molar-refractivity contribution is -0.221. The molecule has 7 nitrogen and oxygen atoms in total. The van der Waals surface area contributed by atoms with E-state index in [9.17, 15) is 20.1 Å². The molecule has 2 rings (SSSR count). The van der Waals surface area contributed by atoms with Crippen molar-refractivity contribution >= 4 is 11.5 Å². The number of hydrogen-bond donors (Lipinski definition) is 5. The molecule has 116 valence electrons. The van der Waals surface area contributed by atoms with Crippen molar-refractivity contribution in [2.45, 2.75) is 37.6 Å². The van der Waals surface area contributed by atoms with Crippen LogP contribution >= 0.6 is 0 Å². The van der Waals surface area contributed by atoms with E-state index in [4.69, 9.17) is 9.84 Å². The summed E-state index contributed by atoms with van der Waals surface area (Å²) in [4.78, 5) is 11.2. The molecule has 5 N–H and O–H groups in total. The van der Waals surface area contributed by atoms with Crippen LogP contribution in [-0.2, 0) is 4.74 Å². The Morgan fingerprint density at radius 1 is 1.14 bits per heavy atom. The van der Waals surface area contributed by atoms with Crippen LogP contribution < -0.4 is 5.32 Å². The van der Waals surface area contributed by atoms with Crippen LogP contribution in [0.15, 0.2) is 24.3 Å². The molecule has 1 aliphatic rings. The number of aliphatic hydroxyl groups excluding tert-OH is 4. The van der Waals surface area contributed by atoms with Crippen molar-refractivity contribution in [2.24, 2.45) is 0 Å². The van der Waals surface area contributed by atoms with Crippen LogP contribution in [0.2, 0.25) is 0 Å². The number of benzene rings is 1. The average Bonchev–Trinajstić information content (AvgIpc) is 2.48. The topological polar surface area (TPSA) is 119 Å². The molecule has 0 spiro atoms. The van der Waals surface area contributed by atoms with Crippen LogP contribution in [0.5, 0.6) is 0 Å². The summed E-state index contributed by atoms with van der Waals surface area (Å²) in [6.45, 7) is 0.979. The molecule has 1 aromatic carbocycles. The van der Waals surface area contributed by atoms with Crippen molar-refractivity contribution in [1.82, 2.24) is 0 Å². The SMILES string of the molecule is CC(=O)c1ccc(N[C@@H]2O[C@H](CO)[C@H](O)[C@H](O)[C@H]2O)cc1. The zero-order valence-electron chi connectivity index (χ0n) is 11.5. The maximum atomic E-state index is 11.2. The molecule has 1 fully saturated rings. The zero-order chi connectivity index (χ0) is 15.6. The summed E-state index contributed by atoms with van der Waals surface area (Å²) in [5.74, 6) is -0.0607. The van der Waals surface area contributed by atoms with Gasteiger partial charge in [0.25, 0.3) is 0 Å². The number of Topliss-reactive ketones (excluding diaryl/α,β-unsaturated/α-hetero) is 1. The van der Waals surface area contributed by atoms with E-state index >= 15 is 0 Å². The van der Waals surface area contributed by atoms with Crippen LogP contribution in [0, 0.1) is 0 Å². The van der Waals surface area contributed by atoms with E-state index in [2.05, 4.69) is 5.32 Å². The highest BCUT2D eigenvalue weighted by atomic mass is 16.6. The molecular weight excluding hydrogens is 278 g/mol. The third kappa shape index (κ3) is 3.39. The van der Waals surface area contributed by atoms with Gasteiger partial charge in [0.15, 0.2) is 12.0 Å². The predicted molar refractivity (Wildman–Crippen MR) is 73.8 cm³/mol. The first kappa shape index (κ1) is 15.9. The first-order valence-corrected chi connectivity index (χ1v) is 6.62. The van der Waals surface area contributed by atoms with Crippen LogP contribution in [0.4, 0.5) is 5.69 Å². The van der Waals surface area contributed by atoms with Gasteiger partial charge in [0.05, 0.1) is 6.61 Å². The fraction of sp³-hybridized carbons (Fsp3) is 0.500. The number of aliphatic hydroxyl groups is 4. The number of nitrogens with one attached hydrogen (secondary N) is 1. The van der Waals surface area contributed by atoms with Gasteiger partial charge < -0.3 is 30.5 Å². The van der Waals surface area contributed by atoms with Gasteiger partial charge in [-0.25, -0.2) is 0 Å². The van der Waals surface area contributed by atoms with Gasteiger partial charge in [-0.1, -0.05) is 0 Å². The van der Waals surface area contributed by atoms with E-state index in [-0.39, 0.29) is 5.78 Å². The monoisotopic (exact) mass is 297 g/mol. The normalized spacial score (nSPS) is 32.7. The van der Waals surface area contributed by atoms with E-state index in [0.29, 0.717) is 11.3 Å². The first-order valence-electron chi connectivity index (χ1n) is 6.62. The molecular formula is C14H19NO6. The van der Waals surface area contributed by atoms with Crippen molar-refractivity contribution in [3.63, 3.8) is 0 Å². The Balaban J connectivity index is 2.08. The number of rotatable bonds is 4. The second kappa shape index (κ2) is 6.50. The smallest absolute Gasteiger partial charge is 0.159 e. The zero-order valence-corrected chi connectivity index (χ0v) is 11.5. The maximum Gasteiger partial charge on any atom is 0.159 e. The van der Waals surface area contributed by atoms with E-state index in [1.54, 1.807) is 24.3 Å². The quantitative estimate of drug-likeness (QED) is 0.457. The van der Waals surface area contributed by atoms with Gasteiger partial charge in [-0.2, -0.15) is 0 Å². The fourth-order valence-corrected chi connectivity index (χ4v) is 2.19. The summed E-state index contributed by atoms with van der Waals surface area (Å²) in [5.41, 5.74) is 1.12. The molecule has 21 heavy (non-hydrogen) atoms. The van der Waals surface area contributed by atoms with Gasteiger partial charge in [0.2, 0.25) is 0 Å². The Bertz CT molecular complexity index is 489. The predicted octanol–water partition coefficient (Wildman–Crippen LogP) is -0.899.